The van der Waals surface area contributed by atoms with Crippen molar-refractivity contribution in [1.82, 2.24) is 14.8 Å². The Kier molecular flexibility index (Phi) is 3.69. The van der Waals surface area contributed by atoms with Gasteiger partial charge in [0.2, 0.25) is 0 Å². The van der Waals surface area contributed by atoms with E-state index in [4.69, 9.17) is 11.6 Å². The van der Waals surface area contributed by atoms with E-state index >= 15 is 0 Å². The van der Waals surface area contributed by atoms with Gasteiger partial charge < -0.3 is 9.80 Å². The van der Waals surface area contributed by atoms with Crippen molar-refractivity contribution < 1.29 is 4.79 Å². The van der Waals surface area contributed by atoms with Gasteiger partial charge in [-0.15, -0.1) is 0 Å². The fourth-order valence-corrected chi connectivity index (χ4v) is 3.72. The van der Waals surface area contributed by atoms with Gasteiger partial charge in [-0.2, -0.15) is 0 Å². The summed E-state index contributed by atoms with van der Waals surface area (Å²) in [5, 5.41) is 0.514. The molecule has 0 aromatic carbocycles. The molecule has 5 heteroatoms. The van der Waals surface area contributed by atoms with E-state index in [1.807, 2.05) is 4.90 Å². The first-order valence-electron chi connectivity index (χ1n) is 7.22. The number of nitrogens with zero attached hydrogens (tertiary/aromatic N) is 3. The highest BCUT2D eigenvalue weighted by atomic mass is 35.5. The molecule has 0 saturated carbocycles. The summed E-state index contributed by atoms with van der Waals surface area (Å²) >= 11 is 5.91. The third kappa shape index (κ3) is 2.42. The average Bonchev–Trinajstić information content (AvgIpc) is 2.80. The Labute approximate surface area is 124 Å². The van der Waals surface area contributed by atoms with Crippen LogP contribution in [0.5, 0.6) is 0 Å². The molecule has 0 unspecified atom stereocenters. The van der Waals surface area contributed by atoms with Crippen molar-refractivity contribution in [1.29, 1.82) is 0 Å². The Morgan fingerprint density at radius 3 is 2.60 bits per heavy atom. The minimum Gasteiger partial charge on any atom is -0.338 e. The van der Waals surface area contributed by atoms with Crippen LogP contribution >= 0.6 is 11.6 Å². The molecule has 0 radical (unpaired) electrons. The van der Waals surface area contributed by atoms with E-state index < -0.39 is 0 Å². The number of pyridine rings is 1. The molecule has 2 saturated heterocycles. The fourth-order valence-electron chi connectivity index (χ4n) is 3.54. The first kappa shape index (κ1) is 13.8. The number of carbonyl (C=O) groups is 1. The molecule has 2 fully saturated rings. The topological polar surface area (TPSA) is 36.4 Å². The first-order valence-corrected chi connectivity index (χ1v) is 7.60. The van der Waals surface area contributed by atoms with Gasteiger partial charge in [-0.05, 0) is 45.3 Å². The molecule has 0 atom stereocenters. The summed E-state index contributed by atoms with van der Waals surface area (Å²) in [5.41, 5.74) is 0.928. The molecule has 20 heavy (non-hydrogen) atoms. The molecule has 1 amide bonds. The van der Waals surface area contributed by atoms with Crippen LogP contribution in [0.25, 0.3) is 0 Å². The van der Waals surface area contributed by atoms with E-state index in [-0.39, 0.29) is 5.91 Å². The molecule has 0 aliphatic carbocycles. The van der Waals surface area contributed by atoms with Crippen LogP contribution in [0.3, 0.4) is 0 Å². The van der Waals surface area contributed by atoms with E-state index in [9.17, 15) is 4.79 Å². The SMILES string of the molecule is CN1CCCC12CCN(C(=O)c1cncc(Cl)c1)CC2. The van der Waals surface area contributed by atoms with Gasteiger partial charge in [0, 0.05) is 31.0 Å². The molecule has 0 N–H and O–H groups in total. The van der Waals surface area contributed by atoms with Gasteiger partial charge in [0.05, 0.1) is 10.6 Å². The van der Waals surface area contributed by atoms with Crippen molar-refractivity contribution in [3.63, 3.8) is 0 Å². The number of aromatic nitrogens is 1. The zero-order chi connectivity index (χ0) is 14.2. The predicted octanol–water partition coefficient (Wildman–Crippen LogP) is 2.44. The molecular weight excluding hydrogens is 274 g/mol. The molecule has 2 aliphatic rings. The number of carbonyl (C=O) groups excluding carboxylic acids is 1. The van der Waals surface area contributed by atoms with Crippen LogP contribution in [0.15, 0.2) is 18.5 Å². The lowest BCUT2D eigenvalue weighted by Gasteiger charge is -2.43. The number of likely N-dealkylation sites (tertiary alicyclic amines) is 2. The van der Waals surface area contributed by atoms with Gasteiger partial charge in [0.25, 0.3) is 5.91 Å². The van der Waals surface area contributed by atoms with Crippen LogP contribution in [0, 0.1) is 0 Å². The van der Waals surface area contributed by atoms with Crippen molar-refractivity contribution in [3.05, 3.63) is 29.0 Å². The van der Waals surface area contributed by atoms with Crippen LogP contribution in [0.2, 0.25) is 5.02 Å². The Hall–Kier alpha value is -1.13. The summed E-state index contributed by atoms with van der Waals surface area (Å²) in [6, 6.07) is 1.70. The second-order valence-corrected chi connectivity index (χ2v) is 6.37. The summed E-state index contributed by atoms with van der Waals surface area (Å²) in [5.74, 6) is 0.0514. The Bertz CT molecular complexity index is 512. The standard InChI is InChI=1S/C15H20ClN3O/c1-18-6-2-3-15(18)4-7-19(8-5-15)14(20)12-9-13(16)11-17-10-12/h9-11H,2-8H2,1H3. The van der Waals surface area contributed by atoms with Gasteiger partial charge in [0.15, 0.2) is 0 Å². The molecule has 1 aromatic rings. The van der Waals surface area contributed by atoms with Crippen LogP contribution in [0.1, 0.15) is 36.0 Å². The maximum atomic E-state index is 12.5. The molecule has 1 spiro atoms. The number of amides is 1. The predicted molar refractivity (Wildman–Crippen MR) is 79.0 cm³/mol. The van der Waals surface area contributed by atoms with E-state index in [2.05, 4.69) is 16.9 Å². The van der Waals surface area contributed by atoms with Crippen molar-refractivity contribution in [2.24, 2.45) is 0 Å². The summed E-state index contributed by atoms with van der Waals surface area (Å²) in [4.78, 5) is 20.9. The maximum absolute atomic E-state index is 12.5. The zero-order valence-electron chi connectivity index (χ0n) is 11.8. The molecule has 4 nitrogen and oxygen atoms in total. The van der Waals surface area contributed by atoms with Crippen molar-refractivity contribution >= 4 is 17.5 Å². The van der Waals surface area contributed by atoms with Gasteiger partial charge in [-0.3, -0.25) is 9.78 Å². The van der Waals surface area contributed by atoms with Crippen LogP contribution in [-0.2, 0) is 0 Å². The Balaban J connectivity index is 1.68. The molecule has 3 rings (SSSR count). The van der Waals surface area contributed by atoms with Crippen molar-refractivity contribution in [3.8, 4) is 0 Å². The second-order valence-electron chi connectivity index (χ2n) is 5.93. The number of halogens is 1. The summed E-state index contributed by atoms with van der Waals surface area (Å²) in [7, 11) is 2.21. The van der Waals surface area contributed by atoms with Gasteiger partial charge in [0.1, 0.15) is 0 Å². The number of rotatable bonds is 1. The largest absolute Gasteiger partial charge is 0.338 e. The zero-order valence-corrected chi connectivity index (χ0v) is 12.6. The van der Waals surface area contributed by atoms with E-state index in [0.29, 0.717) is 16.1 Å². The fraction of sp³-hybridized carbons (Fsp3) is 0.600. The highest BCUT2D eigenvalue weighted by Gasteiger charge is 2.41. The van der Waals surface area contributed by atoms with E-state index in [0.717, 1.165) is 25.9 Å². The normalized spacial score (nSPS) is 22.4. The van der Waals surface area contributed by atoms with Crippen LogP contribution in [-0.4, -0.2) is 52.9 Å². The Morgan fingerprint density at radius 1 is 1.25 bits per heavy atom. The smallest absolute Gasteiger partial charge is 0.255 e. The summed E-state index contributed by atoms with van der Waals surface area (Å²) in [6.07, 6.45) is 7.84. The monoisotopic (exact) mass is 293 g/mol. The van der Waals surface area contributed by atoms with Gasteiger partial charge in [-0.25, -0.2) is 0 Å². The Morgan fingerprint density at radius 2 is 2.00 bits per heavy atom. The van der Waals surface area contributed by atoms with Crippen LogP contribution in [0.4, 0.5) is 0 Å². The number of hydrogen-bond donors (Lipinski definition) is 0. The van der Waals surface area contributed by atoms with Crippen LogP contribution < -0.4 is 0 Å². The molecular formula is C15H20ClN3O. The molecule has 108 valence electrons. The van der Waals surface area contributed by atoms with Crippen molar-refractivity contribution in [2.75, 3.05) is 26.7 Å². The number of hydrogen-bond acceptors (Lipinski definition) is 3. The minimum atomic E-state index is 0.0514. The molecule has 0 bridgehead atoms. The third-order valence-corrected chi connectivity index (χ3v) is 5.09. The highest BCUT2D eigenvalue weighted by molar-refractivity contribution is 6.30. The third-order valence-electron chi connectivity index (χ3n) is 4.88. The second kappa shape index (κ2) is 5.34. The molecule has 3 heterocycles. The quantitative estimate of drug-likeness (QED) is 0.798. The minimum absolute atomic E-state index is 0.0514. The molecule has 2 aliphatic heterocycles. The number of piperidine rings is 1. The lowest BCUT2D eigenvalue weighted by molar-refractivity contribution is 0.0492. The maximum Gasteiger partial charge on any atom is 0.255 e. The average molecular weight is 294 g/mol. The van der Waals surface area contributed by atoms with Gasteiger partial charge in [-0.1, -0.05) is 11.6 Å². The first-order chi connectivity index (χ1) is 9.61. The summed E-state index contributed by atoms with van der Waals surface area (Å²) < 4.78 is 0. The highest BCUT2D eigenvalue weighted by Crippen LogP contribution is 2.37. The van der Waals surface area contributed by atoms with E-state index in [1.165, 1.54) is 19.4 Å². The lowest BCUT2D eigenvalue weighted by atomic mass is 9.85. The molecule has 1 aromatic heterocycles. The lowest BCUT2D eigenvalue weighted by Crippen LogP contribution is -2.52. The van der Waals surface area contributed by atoms with Crippen molar-refractivity contribution in [2.45, 2.75) is 31.2 Å². The van der Waals surface area contributed by atoms with Gasteiger partial charge >= 0.3 is 0 Å². The summed E-state index contributed by atoms with van der Waals surface area (Å²) in [6.45, 7) is 2.84. The van der Waals surface area contributed by atoms with E-state index in [1.54, 1.807) is 18.5 Å².